The molecule has 1 N–H and O–H groups in total. The molecule has 1 heterocycles. The monoisotopic (exact) mass is 347 g/mol. The van der Waals surface area contributed by atoms with Crippen LogP contribution >= 0.6 is 15.9 Å². The first-order valence-electron chi connectivity index (χ1n) is 5.87. The molecule has 19 heavy (non-hydrogen) atoms. The maximum Gasteiger partial charge on any atom is 0.322 e. The van der Waals surface area contributed by atoms with E-state index in [4.69, 9.17) is 5.11 Å². The van der Waals surface area contributed by atoms with Gasteiger partial charge in [0.25, 0.3) is 0 Å². The number of hydrogen-bond donors (Lipinski definition) is 1. The lowest BCUT2D eigenvalue weighted by atomic mass is 10.2. The zero-order valence-corrected chi connectivity index (χ0v) is 12.5. The first-order chi connectivity index (χ1) is 8.90. The number of nitrogens with zero attached hydrogens (tertiary/aromatic N) is 1. The first kappa shape index (κ1) is 14.5. The van der Waals surface area contributed by atoms with E-state index in [1.807, 2.05) is 0 Å². The Kier molecular flexibility index (Phi) is 4.27. The molecule has 0 spiro atoms. The van der Waals surface area contributed by atoms with Crippen molar-refractivity contribution in [1.29, 1.82) is 0 Å². The fourth-order valence-corrected chi connectivity index (χ4v) is 4.23. The summed E-state index contributed by atoms with van der Waals surface area (Å²) in [6, 6.07) is 6.05. The predicted octanol–water partition coefficient (Wildman–Crippen LogP) is 1.83. The summed E-state index contributed by atoms with van der Waals surface area (Å²) < 4.78 is 26.5. The van der Waals surface area contributed by atoms with Crippen LogP contribution in [0.1, 0.15) is 18.4 Å². The molecular weight excluding hydrogens is 334 g/mol. The highest BCUT2D eigenvalue weighted by Crippen LogP contribution is 2.24. The van der Waals surface area contributed by atoms with E-state index < -0.39 is 22.0 Å². The van der Waals surface area contributed by atoms with E-state index in [1.54, 1.807) is 24.3 Å². The van der Waals surface area contributed by atoms with Gasteiger partial charge in [0.15, 0.2) is 0 Å². The minimum atomic E-state index is -3.58. The Hall–Kier alpha value is -0.920. The summed E-state index contributed by atoms with van der Waals surface area (Å²) >= 11 is 3.28. The van der Waals surface area contributed by atoms with Crippen molar-refractivity contribution in [2.45, 2.75) is 24.6 Å². The van der Waals surface area contributed by atoms with Crippen LogP contribution in [0.4, 0.5) is 0 Å². The van der Waals surface area contributed by atoms with Crippen molar-refractivity contribution >= 4 is 31.9 Å². The second-order valence-electron chi connectivity index (χ2n) is 4.49. The summed E-state index contributed by atoms with van der Waals surface area (Å²) in [5, 5.41) is 9.04. The zero-order valence-electron chi connectivity index (χ0n) is 10.1. The summed E-state index contributed by atoms with van der Waals surface area (Å²) in [7, 11) is -3.58. The number of sulfonamides is 1. The number of aliphatic carboxylic acids is 1. The van der Waals surface area contributed by atoms with Gasteiger partial charge in [-0.1, -0.05) is 28.1 Å². The summed E-state index contributed by atoms with van der Waals surface area (Å²) in [6.45, 7) is 0.288. The van der Waals surface area contributed by atoms with E-state index in [-0.39, 0.29) is 12.3 Å². The van der Waals surface area contributed by atoms with Crippen molar-refractivity contribution in [3.63, 3.8) is 0 Å². The lowest BCUT2D eigenvalue weighted by Crippen LogP contribution is -2.40. The number of carboxylic acids is 1. The Bertz CT molecular complexity index is 570. The highest BCUT2D eigenvalue weighted by Gasteiger charge is 2.38. The highest BCUT2D eigenvalue weighted by atomic mass is 79.9. The van der Waals surface area contributed by atoms with E-state index in [0.717, 1.165) is 8.78 Å². The van der Waals surface area contributed by atoms with E-state index in [9.17, 15) is 13.2 Å². The Morgan fingerprint density at radius 3 is 2.58 bits per heavy atom. The van der Waals surface area contributed by atoms with Crippen LogP contribution in [-0.2, 0) is 20.6 Å². The summed E-state index contributed by atoms with van der Waals surface area (Å²) in [5.74, 6) is -1.23. The molecule has 0 bridgehead atoms. The van der Waals surface area contributed by atoms with Gasteiger partial charge in [0.2, 0.25) is 10.0 Å². The van der Waals surface area contributed by atoms with Crippen LogP contribution in [0.3, 0.4) is 0 Å². The molecule has 1 aliphatic rings. The molecule has 1 aromatic rings. The van der Waals surface area contributed by atoms with Crippen LogP contribution in [0.2, 0.25) is 0 Å². The molecule has 1 unspecified atom stereocenters. The molecule has 2 rings (SSSR count). The van der Waals surface area contributed by atoms with E-state index in [1.165, 1.54) is 0 Å². The Labute approximate surface area is 120 Å². The largest absolute Gasteiger partial charge is 0.480 e. The molecule has 5 nitrogen and oxygen atoms in total. The maximum atomic E-state index is 12.3. The molecule has 0 amide bonds. The third kappa shape index (κ3) is 3.34. The standard InChI is InChI=1S/C12H14BrNO4S/c13-10-5-3-9(4-6-10)8-19(17,18)14-7-1-2-11(14)12(15)16/h3-6,11H,1-2,7-8H2,(H,15,16). The van der Waals surface area contributed by atoms with Gasteiger partial charge < -0.3 is 5.11 Å². The van der Waals surface area contributed by atoms with Crippen molar-refractivity contribution in [3.05, 3.63) is 34.3 Å². The molecule has 1 fully saturated rings. The second kappa shape index (κ2) is 5.60. The molecule has 0 aliphatic carbocycles. The SMILES string of the molecule is O=C(O)C1CCCN1S(=O)(=O)Cc1ccc(Br)cc1. The van der Waals surface area contributed by atoms with Crippen LogP contribution in [0, 0.1) is 0 Å². The summed E-state index contributed by atoms with van der Waals surface area (Å²) in [4.78, 5) is 11.0. The van der Waals surface area contributed by atoms with Crippen LogP contribution in [0.5, 0.6) is 0 Å². The normalized spacial score (nSPS) is 20.6. The first-order valence-corrected chi connectivity index (χ1v) is 8.27. The molecule has 7 heteroatoms. The fraction of sp³-hybridized carbons (Fsp3) is 0.417. The van der Waals surface area contributed by atoms with Crippen LogP contribution < -0.4 is 0 Å². The summed E-state index contributed by atoms with van der Waals surface area (Å²) in [5.41, 5.74) is 0.652. The number of carbonyl (C=O) groups is 1. The van der Waals surface area contributed by atoms with Crippen LogP contribution in [0.25, 0.3) is 0 Å². The average molecular weight is 348 g/mol. The van der Waals surface area contributed by atoms with E-state index in [2.05, 4.69) is 15.9 Å². The zero-order chi connectivity index (χ0) is 14.0. The van der Waals surface area contributed by atoms with Crippen molar-refractivity contribution in [2.24, 2.45) is 0 Å². The predicted molar refractivity (Wildman–Crippen MR) is 74.1 cm³/mol. The Morgan fingerprint density at radius 2 is 2.00 bits per heavy atom. The van der Waals surface area contributed by atoms with Gasteiger partial charge in [0.1, 0.15) is 6.04 Å². The Balaban J connectivity index is 2.18. The number of benzene rings is 1. The van der Waals surface area contributed by atoms with Crippen molar-refractivity contribution in [3.8, 4) is 0 Å². The molecule has 1 atom stereocenters. The van der Waals surface area contributed by atoms with Gasteiger partial charge in [-0.3, -0.25) is 4.79 Å². The topological polar surface area (TPSA) is 74.7 Å². The minimum absolute atomic E-state index is 0.163. The van der Waals surface area contributed by atoms with Crippen LogP contribution in [0.15, 0.2) is 28.7 Å². The van der Waals surface area contributed by atoms with Gasteiger partial charge in [-0.25, -0.2) is 8.42 Å². The quantitative estimate of drug-likeness (QED) is 0.901. The third-order valence-corrected chi connectivity index (χ3v) is 5.49. The average Bonchev–Trinajstić information content (AvgIpc) is 2.82. The molecule has 1 saturated heterocycles. The molecule has 1 aromatic carbocycles. The lowest BCUT2D eigenvalue weighted by molar-refractivity contribution is -0.140. The minimum Gasteiger partial charge on any atom is -0.480 e. The maximum absolute atomic E-state index is 12.3. The van der Waals surface area contributed by atoms with Crippen molar-refractivity contribution < 1.29 is 18.3 Å². The number of rotatable bonds is 4. The smallest absolute Gasteiger partial charge is 0.322 e. The van der Waals surface area contributed by atoms with Gasteiger partial charge >= 0.3 is 5.97 Å². The van der Waals surface area contributed by atoms with Crippen LogP contribution in [-0.4, -0.2) is 36.4 Å². The number of halogens is 1. The van der Waals surface area contributed by atoms with Gasteiger partial charge in [-0.15, -0.1) is 0 Å². The van der Waals surface area contributed by atoms with Gasteiger partial charge in [-0.2, -0.15) is 4.31 Å². The second-order valence-corrected chi connectivity index (χ2v) is 7.33. The van der Waals surface area contributed by atoms with Crippen molar-refractivity contribution in [2.75, 3.05) is 6.54 Å². The molecular formula is C12H14BrNO4S. The molecule has 104 valence electrons. The van der Waals surface area contributed by atoms with E-state index in [0.29, 0.717) is 18.4 Å². The van der Waals surface area contributed by atoms with E-state index >= 15 is 0 Å². The highest BCUT2D eigenvalue weighted by molar-refractivity contribution is 9.10. The number of hydrogen-bond acceptors (Lipinski definition) is 3. The van der Waals surface area contributed by atoms with Gasteiger partial charge in [0, 0.05) is 11.0 Å². The fourth-order valence-electron chi connectivity index (χ4n) is 2.19. The molecule has 0 saturated carbocycles. The molecule has 0 radical (unpaired) electrons. The molecule has 1 aliphatic heterocycles. The number of carboxylic acid groups (broad SMARTS) is 1. The van der Waals surface area contributed by atoms with Crippen molar-refractivity contribution in [1.82, 2.24) is 4.31 Å². The third-order valence-electron chi connectivity index (χ3n) is 3.11. The van der Waals surface area contributed by atoms with Gasteiger partial charge in [-0.05, 0) is 30.5 Å². The Morgan fingerprint density at radius 1 is 1.37 bits per heavy atom. The molecule has 0 aromatic heterocycles. The van der Waals surface area contributed by atoms with Gasteiger partial charge in [0.05, 0.1) is 5.75 Å². The lowest BCUT2D eigenvalue weighted by Gasteiger charge is -2.20. The summed E-state index contributed by atoms with van der Waals surface area (Å²) in [6.07, 6.45) is 0.978.